The Labute approximate surface area is 125 Å². The van der Waals surface area contributed by atoms with Crippen molar-refractivity contribution in [3.05, 3.63) is 71.8 Å². The Morgan fingerprint density at radius 1 is 1.14 bits per heavy atom. The van der Waals surface area contributed by atoms with Crippen LogP contribution < -0.4 is 4.90 Å². The summed E-state index contributed by atoms with van der Waals surface area (Å²) in [6.07, 6.45) is 1.78. The van der Waals surface area contributed by atoms with E-state index in [2.05, 4.69) is 6.58 Å². The van der Waals surface area contributed by atoms with Gasteiger partial charge in [0.05, 0.1) is 13.2 Å². The van der Waals surface area contributed by atoms with E-state index >= 15 is 0 Å². The predicted octanol–water partition coefficient (Wildman–Crippen LogP) is 3.38. The molecule has 0 aliphatic rings. The molecule has 1 N–H and O–H groups in total. The molecule has 2 aromatic rings. The first-order chi connectivity index (χ1) is 10.2. The minimum Gasteiger partial charge on any atom is -0.392 e. The van der Waals surface area contributed by atoms with Gasteiger partial charge in [0.25, 0.3) is 0 Å². The Balaban J connectivity index is 2.40. The second kappa shape index (κ2) is 6.86. The Kier molecular flexibility index (Phi) is 4.90. The number of para-hydroxylation sites is 1. The summed E-state index contributed by atoms with van der Waals surface area (Å²) in [5.74, 6) is -0.0604. The molecule has 0 heterocycles. The number of benzene rings is 2. The molecule has 1 amide bonds. The smallest absolute Gasteiger partial charge is 0.224 e. The summed E-state index contributed by atoms with van der Waals surface area (Å²) in [7, 11) is 0. The molecule has 0 unspecified atom stereocenters. The zero-order valence-electron chi connectivity index (χ0n) is 12.1. The maximum Gasteiger partial charge on any atom is 0.224 e. The van der Waals surface area contributed by atoms with Gasteiger partial charge in [-0.05, 0) is 17.2 Å². The second-order valence-electron chi connectivity index (χ2n) is 4.79. The third-order valence-electron chi connectivity index (χ3n) is 3.44. The molecule has 0 fully saturated rings. The van der Waals surface area contributed by atoms with E-state index in [1.54, 1.807) is 11.0 Å². The molecule has 0 aliphatic heterocycles. The van der Waals surface area contributed by atoms with Crippen molar-refractivity contribution in [2.75, 3.05) is 4.90 Å². The lowest BCUT2D eigenvalue weighted by molar-refractivity contribution is -0.116. The minimum atomic E-state index is -0.0942. The monoisotopic (exact) mass is 281 g/mol. The van der Waals surface area contributed by atoms with Gasteiger partial charge >= 0.3 is 0 Å². The van der Waals surface area contributed by atoms with Gasteiger partial charge < -0.3 is 10.0 Å². The van der Waals surface area contributed by atoms with Gasteiger partial charge in [0, 0.05) is 18.2 Å². The van der Waals surface area contributed by atoms with Gasteiger partial charge in [0.1, 0.15) is 0 Å². The van der Waals surface area contributed by atoms with E-state index in [1.165, 1.54) is 6.92 Å². The van der Waals surface area contributed by atoms with Crippen LogP contribution in [0.15, 0.2) is 55.1 Å². The molecule has 108 valence electrons. The summed E-state index contributed by atoms with van der Waals surface area (Å²) < 4.78 is 0. The van der Waals surface area contributed by atoms with Crippen LogP contribution in [0.1, 0.15) is 23.6 Å². The third-order valence-corrected chi connectivity index (χ3v) is 3.44. The van der Waals surface area contributed by atoms with Crippen molar-refractivity contribution >= 4 is 17.7 Å². The number of rotatable bonds is 5. The number of amides is 1. The molecule has 0 saturated heterocycles. The number of hydrogen-bond acceptors (Lipinski definition) is 2. The van der Waals surface area contributed by atoms with E-state index in [1.807, 2.05) is 48.5 Å². The van der Waals surface area contributed by atoms with Crippen LogP contribution in [0.3, 0.4) is 0 Å². The Morgan fingerprint density at radius 2 is 1.76 bits per heavy atom. The fourth-order valence-corrected chi connectivity index (χ4v) is 2.32. The Morgan fingerprint density at radius 3 is 2.38 bits per heavy atom. The molecule has 3 heteroatoms. The molecule has 21 heavy (non-hydrogen) atoms. The number of anilines is 1. The number of carbonyl (C=O) groups is 1. The van der Waals surface area contributed by atoms with E-state index in [0.717, 1.165) is 22.4 Å². The zero-order chi connectivity index (χ0) is 15.2. The van der Waals surface area contributed by atoms with Crippen LogP contribution in [0.25, 0.3) is 6.08 Å². The van der Waals surface area contributed by atoms with Crippen LogP contribution in [0.2, 0.25) is 0 Å². The van der Waals surface area contributed by atoms with Crippen molar-refractivity contribution < 1.29 is 9.90 Å². The number of aliphatic hydroxyl groups is 1. The predicted molar refractivity (Wildman–Crippen MR) is 85.8 cm³/mol. The maximum atomic E-state index is 12.0. The SMILES string of the molecule is C=Cc1ccccc1CN(C(C)=O)c1ccccc1CO. The molecule has 3 nitrogen and oxygen atoms in total. The van der Waals surface area contributed by atoms with Crippen LogP contribution in [-0.4, -0.2) is 11.0 Å². The number of hydrogen-bond donors (Lipinski definition) is 1. The third kappa shape index (κ3) is 3.38. The van der Waals surface area contributed by atoms with Crippen LogP contribution in [-0.2, 0) is 17.9 Å². The molecule has 0 aliphatic carbocycles. The lowest BCUT2D eigenvalue weighted by atomic mass is 10.1. The first-order valence-corrected chi connectivity index (χ1v) is 6.84. The topological polar surface area (TPSA) is 40.5 Å². The summed E-state index contributed by atoms with van der Waals surface area (Å²) in [5.41, 5.74) is 3.51. The Hall–Kier alpha value is -2.39. The van der Waals surface area contributed by atoms with Crippen LogP contribution in [0, 0.1) is 0 Å². The first-order valence-electron chi connectivity index (χ1n) is 6.84. The summed E-state index contributed by atoms with van der Waals surface area (Å²) >= 11 is 0. The van der Waals surface area contributed by atoms with Gasteiger partial charge in [-0.2, -0.15) is 0 Å². The van der Waals surface area contributed by atoms with Crippen molar-refractivity contribution in [3.8, 4) is 0 Å². The lowest BCUT2D eigenvalue weighted by Gasteiger charge is -2.24. The van der Waals surface area contributed by atoms with Gasteiger partial charge in [-0.3, -0.25) is 4.79 Å². The Bertz CT molecular complexity index is 649. The van der Waals surface area contributed by atoms with Crippen molar-refractivity contribution in [2.24, 2.45) is 0 Å². The fourth-order valence-electron chi connectivity index (χ4n) is 2.32. The van der Waals surface area contributed by atoms with Gasteiger partial charge in [-0.15, -0.1) is 0 Å². The fraction of sp³-hybridized carbons (Fsp3) is 0.167. The molecule has 0 bridgehead atoms. The van der Waals surface area contributed by atoms with Crippen LogP contribution >= 0.6 is 0 Å². The summed E-state index contributed by atoms with van der Waals surface area (Å²) in [5, 5.41) is 9.46. The quantitative estimate of drug-likeness (QED) is 0.912. The number of aliphatic hydroxyl groups excluding tert-OH is 1. The average molecular weight is 281 g/mol. The van der Waals surface area contributed by atoms with Crippen molar-refractivity contribution in [1.82, 2.24) is 0 Å². The van der Waals surface area contributed by atoms with E-state index in [-0.39, 0.29) is 12.5 Å². The highest BCUT2D eigenvalue weighted by atomic mass is 16.3. The highest BCUT2D eigenvalue weighted by Crippen LogP contribution is 2.24. The van der Waals surface area contributed by atoms with E-state index in [9.17, 15) is 9.90 Å². The van der Waals surface area contributed by atoms with Crippen molar-refractivity contribution in [1.29, 1.82) is 0 Å². The highest BCUT2D eigenvalue weighted by molar-refractivity contribution is 5.92. The molecule has 0 aromatic heterocycles. The average Bonchev–Trinajstić information content (AvgIpc) is 2.52. The van der Waals surface area contributed by atoms with Gasteiger partial charge in [-0.1, -0.05) is 55.1 Å². The highest BCUT2D eigenvalue weighted by Gasteiger charge is 2.16. The number of nitrogens with zero attached hydrogens (tertiary/aromatic N) is 1. The summed E-state index contributed by atoms with van der Waals surface area (Å²) in [6.45, 7) is 5.70. The molecule has 2 rings (SSSR count). The molecule has 0 spiro atoms. The van der Waals surface area contributed by atoms with Gasteiger partial charge in [0.15, 0.2) is 0 Å². The zero-order valence-corrected chi connectivity index (χ0v) is 12.1. The standard InChI is InChI=1S/C18H19NO2/c1-3-15-8-4-5-9-16(15)12-19(14(2)21)18-11-7-6-10-17(18)13-20/h3-11,20H,1,12-13H2,2H3. The van der Waals surface area contributed by atoms with Crippen LogP contribution in [0.4, 0.5) is 5.69 Å². The van der Waals surface area contributed by atoms with Gasteiger partial charge in [0.2, 0.25) is 5.91 Å². The maximum absolute atomic E-state index is 12.0. The van der Waals surface area contributed by atoms with Gasteiger partial charge in [-0.25, -0.2) is 0 Å². The van der Waals surface area contributed by atoms with Crippen molar-refractivity contribution in [2.45, 2.75) is 20.1 Å². The van der Waals surface area contributed by atoms with Crippen LogP contribution in [0.5, 0.6) is 0 Å². The second-order valence-corrected chi connectivity index (χ2v) is 4.79. The van der Waals surface area contributed by atoms with Crippen molar-refractivity contribution in [3.63, 3.8) is 0 Å². The van der Waals surface area contributed by atoms with E-state index in [4.69, 9.17) is 0 Å². The molecule has 0 saturated carbocycles. The first kappa shape index (κ1) is 15.0. The molecule has 0 atom stereocenters. The summed E-state index contributed by atoms with van der Waals surface area (Å²) in [6, 6.07) is 15.2. The largest absolute Gasteiger partial charge is 0.392 e. The van der Waals surface area contributed by atoms with E-state index < -0.39 is 0 Å². The molecular weight excluding hydrogens is 262 g/mol. The normalized spacial score (nSPS) is 10.2. The summed E-state index contributed by atoms with van der Waals surface area (Å²) in [4.78, 5) is 13.7. The lowest BCUT2D eigenvalue weighted by Crippen LogP contribution is -2.29. The minimum absolute atomic E-state index is 0.0604. The van der Waals surface area contributed by atoms with E-state index in [0.29, 0.717) is 6.54 Å². The molecule has 0 radical (unpaired) electrons. The number of carbonyl (C=O) groups excluding carboxylic acids is 1. The molecule has 2 aromatic carbocycles. The molecular formula is C18H19NO2.